The van der Waals surface area contributed by atoms with Gasteiger partial charge in [-0.3, -0.25) is 4.79 Å². The number of ketones is 1. The normalized spacial score (nSPS) is 18.3. The van der Waals surface area contributed by atoms with Gasteiger partial charge in [0, 0.05) is 37.6 Å². The number of nitrogens with zero attached hydrogens (tertiary/aromatic N) is 2. The van der Waals surface area contributed by atoms with Crippen molar-refractivity contribution in [2.45, 2.75) is 19.8 Å². The van der Waals surface area contributed by atoms with Gasteiger partial charge in [0.1, 0.15) is 5.75 Å². The van der Waals surface area contributed by atoms with Crippen molar-refractivity contribution < 1.29 is 9.53 Å². The zero-order valence-corrected chi connectivity index (χ0v) is 13.9. The number of hydrogen-bond donors (Lipinski definition) is 0. The Morgan fingerprint density at radius 2 is 1.61 bits per heavy atom. The number of piperazine rings is 1. The van der Waals surface area contributed by atoms with Gasteiger partial charge in [0.2, 0.25) is 0 Å². The number of Topliss-reactive ketones (excluding diaryl/α,β-unsaturated/α-hetero) is 1. The number of carbonyl (C=O) groups excluding carboxylic acids is 1. The van der Waals surface area contributed by atoms with Crippen LogP contribution in [0.2, 0.25) is 0 Å². The molecule has 0 saturated carbocycles. The molecule has 1 fully saturated rings. The summed E-state index contributed by atoms with van der Waals surface area (Å²) in [5, 5.41) is 0. The second-order valence-corrected chi connectivity index (χ2v) is 6.08. The van der Waals surface area contributed by atoms with E-state index in [1.807, 2.05) is 18.2 Å². The molecular formula is C19H24N2O2. The molecule has 0 atom stereocenters. The molecule has 4 heteroatoms. The first-order chi connectivity index (χ1) is 11.2. The largest absolute Gasteiger partial charge is 0.497 e. The third kappa shape index (κ3) is 3.58. The fourth-order valence-corrected chi connectivity index (χ4v) is 3.23. The molecule has 0 bridgehead atoms. The smallest absolute Gasteiger partial charge is 0.155 e. The number of carbonyl (C=O) groups is 1. The molecule has 2 aliphatic rings. The van der Waals surface area contributed by atoms with Crippen molar-refractivity contribution in [3.8, 4) is 5.75 Å². The van der Waals surface area contributed by atoms with Crippen LogP contribution in [-0.4, -0.2) is 44.0 Å². The van der Waals surface area contributed by atoms with E-state index >= 15 is 0 Å². The van der Waals surface area contributed by atoms with Crippen LogP contribution in [0.1, 0.15) is 19.8 Å². The molecule has 0 N–H and O–H groups in total. The summed E-state index contributed by atoms with van der Waals surface area (Å²) in [5.74, 6) is 1.09. The number of methoxy groups -OCH3 is 1. The van der Waals surface area contributed by atoms with Gasteiger partial charge < -0.3 is 14.5 Å². The molecule has 3 rings (SSSR count). The van der Waals surface area contributed by atoms with E-state index in [0.717, 1.165) is 50.3 Å². The lowest BCUT2D eigenvalue weighted by Crippen LogP contribution is -2.46. The van der Waals surface area contributed by atoms with Gasteiger partial charge in [-0.25, -0.2) is 0 Å². The summed E-state index contributed by atoms with van der Waals surface area (Å²) < 4.78 is 5.21. The van der Waals surface area contributed by atoms with Crippen LogP contribution >= 0.6 is 0 Å². The monoisotopic (exact) mass is 312 g/mol. The minimum absolute atomic E-state index is 0.199. The van der Waals surface area contributed by atoms with E-state index in [4.69, 9.17) is 4.74 Å². The van der Waals surface area contributed by atoms with Crippen molar-refractivity contribution in [1.29, 1.82) is 0 Å². The van der Waals surface area contributed by atoms with Crippen LogP contribution < -0.4 is 9.64 Å². The average molecular weight is 312 g/mol. The highest BCUT2D eigenvalue weighted by molar-refractivity contribution is 5.93. The third-order valence-electron chi connectivity index (χ3n) is 4.70. The second kappa shape index (κ2) is 6.90. The molecule has 1 aromatic rings. The Hall–Kier alpha value is -2.23. The number of rotatable bonds is 4. The summed E-state index contributed by atoms with van der Waals surface area (Å²) in [6, 6.07) is 8.27. The van der Waals surface area contributed by atoms with Crippen molar-refractivity contribution in [3.63, 3.8) is 0 Å². The maximum absolute atomic E-state index is 11.4. The fourth-order valence-electron chi connectivity index (χ4n) is 3.23. The summed E-state index contributed by atoms with van der Waals surface area (Å²) in [6.45, 7) is 5.75. The van der Waals surface area contributed by atoms with Gasteiger partial charge >= 0.3 is 0 Å². The molecular weight excluding hydrogens is 288 g/mol. The lowest BCUT2D eigenvalue weighted by atomic mass is 9.99. The molecule has 1 aliphatic carbocycles. The van der Waals surface area contributed by atoms with Gasteiger partial charge in [-0.1, -0.05) is 6.08 Å². The van der Waals surface area contributed by atoms with Crippen LogP contribution in [0.5, 0.6) is 5.75 Å². The highest BCUT2D eigenvalue weighted by atomic mass is 16.5. The maximum atomic E-state index is 11.4. The summed E-state index contributed by atoms with van der Waals surface area (Å²) in [5.41, 5.74) is 3.57. The molecule has 1 aromatic carbocycles. The van der Waals surface area contributed by atoms with E-state index in [-0.39, 0.29) is 5.78 Å². The molecule has 0 spiro atoms. The predicted octanol–water partition coefficient (Wildman–Crippen LogP) is 3.01. The van der Waals surface area contributed by atoms with Crippen LogP contribution in [0.15, 0.2) is 47.7 Å². The van der Waals surface area contributed by atoms with Gasteiger partial charge in [0.15, 0.2) is 5.78 Å². The van der Waals surface area contributed by atoms with E-state index < -0.39 is 0 Å². The first kappa shape index (κ1) is 15.7. The van der Waals surface area contributed by atoms with E-state index in [0.29, 0.717) is 0 Å². The Kier molecular flexibility index (Phi) is 4.70. The van der Waals surface area contributed by atoms with Crippen molar-refractivity contribution in [2.24, 2.45) is 0 Å². The van der Waals surface area contributed by atoms with Crippen LogP contribution in [0, 0.1) is 0 Å². The summed E-state index contributed by atoms with van der Waals surface area (Å²) in [4.78, 5) is 16.3. The molecule has 0 aromatic heterocycles. The Morgan fingerprint density at radius 1 is 0.957 bits per heavy atom. The van der Waals surface area contributed by atoms with Crippen LogP contribution in [0.3, 0.4) is 0 Å². The quantitative estimate of drug-likeness (QED) is 0.855. The molecule has 1 saturated heterocycles. The van der Waals surface area contributed by atoms with Gasteiger partial charge in [0.05, 0.1) is 7.11 Å². The molecule has 4 nitrogen and oxygen atoms in total. The van der Waals surface area contributed by atoms with Crippen LogP contribution in [0.25, 0.3) is 0 Å². The molecule has 1 aliphatic heterocycles. The van der Waals surface area contributed by atoms with Crippen molar-refractivity contribution >= 4 is 11.5 Å². The molecule has 1 heterocycles. The lowest BCUT2D eigenvalue weighted by Gasteiger charge is -2.39. The fraction of sp³-hybridized carbons (Fsp3) is 0.421. The van der Waals surface area contributed by atoms with E-state index in [1.54, 1.807) is 14.0 Å². The van der Waals surface area contributed by atoms with E-state index in [1.165, 1.54) is 11.4 Å². The van der Waals surface area contributed by atoms with E-state index in [2.05, 4.69) is 28.0 Å². The van der Waals surface area contributed by atoms with Gasteiger partial charge in [-0.15, -0.1) is 0 Å². The Morgan fingerprint density at radius 3 is 2.13 bits per heavy atom. The Labute approximate surface area is 138 Å². The standard InChI is InChI=1S/C19H24N2O2/c1-15(22)16-3-5-17(6-4-16)20-11-13-21(14-12-20)18-7-9-19(23-2)10-8-18/h3,5,7-10H,4,6,11-14H2,1-2H3. The SMILES string of the molecule is COc1ccc(N2CCN(C3=CC=C(C(C)=O)CC3)CC2)cc1. The number of hydrogen-bond acceptors (Lipinski definition) is 4. The molecule has 122 valence electrons. The van der Waals surface area contributed by atoms with Crippen molar-refractivity contribution in [3.05, 3.63) is 47.7 Å². The highest BCUT2D eigenvalue weighted by Crippen LogP contribution is 2.25. The number of ether oxygens (including phenoxy) is 1. The van der Waals surface area contributed by atoms with Crippen molar-refractivity contribution in [1.82, 2.24) is 4.90 Å². The second-order valence-electron chi connectivity index (χ2n) is 6.08. The van der Waals surface area contributed by atoms with Gasteiger partial charge in [-0.05, 0) is 55.7 Å². The Bertz CT molecular complexity index is 623. The molecule has 23 heavy (non-hydrogen) atoms. The topological polar surface area (TPSA) is 32.8 Å². The number of anilines is 1. The summed E-state index contributed by atoms with van der Waals surface area (Å²) in [7, 11) is 1.69. The first-order valence-corrected chi connectivity index (χ1v) is 8.22. The first-order valence-electron chi connectivity index (χ1n) is 8.22. The lowest BCUT2D eigenvalue weighted by molar-refractivity contribution is -0.113. The summed E-state index contributed by atoms with van der Waals surface area (Å²) >= 11 is 0. The number of allylic oxidation sites excluding steroid dienone is 4. The van der Waals surface area contributed by atoms with Gasteiger partial charge in [-0.2, -0.15) is 0 Å². The van der Waals surface area contributed by atoms with Gasteiger partial charge in [0.25, 0.3) is 0 Å². The molecule has 0 unspecified atom stereocenters. The molecule has 0 amide bonds. The third-order valence-corrected chi connectivity index (χ3v) is 4.70. The Balaban J connectivity index is 1.59. The highest BCUT2D eigenvalue weighted by Gasteiger charge is 2.20. The summed E-state index contributed by atoms with van der Waals surface area (Å²) in [6.07, 6.45) is 5.98. The maximum Gasteiger partial charge on any atom is 0.155 e. The van der Waals surface area contributed by atoms with Crippen LogP contribution in [0.4, 0.5) is 5.69 Å². The minimum Gasteiger partial charge on any atom is -0.497 e. The predicted molar refractivity (Wildman–Crippen MR) is 92.9 cm³/mol. The zero-order valence-electron chi connectivity index (χ0n) is 13.9. The van der Waals surface area contributed by atoms with E-state index in [9.17, 15) is 4.79 Å². The molecule has 0 radical (unpaired) electrons. The number of benzene rings is 1. The minimum atomic E-state index is 0.199. The zero-order chi connectivity index (χ0) is 16.2. The van der Waals surface area contributed by atoms with Crippen LogP contribution in [-0.2, 0) is 4.79 Å². The average Bonchev–Trinajstić information content (AvgIpc) is 2.62. The van der Waals surface area contributed by atoms with Crippen molar-refractivity contribution in [2.75, 3.05) is 38.2 Å².